The Morgan fingerprint density at radius 2 is 2.13 bits per heavy atom. The maximum atomic E-state index is 4.71. The van der Waals surface area contributed by atoms with E-state index in [0.717, 1.165) is 35.6 Å². The first-order valence-electron chi connectivity index (χ1n) is 7.84. The van der Waals surface area contributed by atoms with Crippen LogP contribution in [0.15, 0.2) is 30.5 Å². The van der Waals surface area contributed by atoms with Gasteiger partial charge in [0, 0.05) is 32.5 Å². The lowest BCUT2D eigenvalue weighted by Crippen LogP contribution is -2.42. The van der Waals surface area contributed by atoms with Crippen LogP contribution in [0.4, 0.5) is 11.6 Å². The Morgan fingerprint density at radius 3 is 3.00 bits per heavy atom. The normalized spacial score (nSPS) is 16.9. The van der Waals surface area contributed by atoms with Crippen molar-refractivity contribution in [2.24, 2.45) is 7.05 Å². The Kier molecular flexibility index (Phi) is 3.18. The van der Waals surface area contributed by atoms with Gasteiger partial charge in [-0.05, 0) is 25.0 Å². The van der Waals surface area contributed by atoms with E-state index in [1.54, 1.807) is 0 Å². The van der Waals surface area contributed by atoms with Gasteiger partial charge in [-0.1, -0.05) is 18.2 Å². The van der Waals surface area contributed by atoms with E-state index in [9.17, 15) is 0 Å². The second kappa shape index (κ2) is 5.22. The number of rotatable bonds is 2. The van der Waals surface area contributed by atoms with E-state index < -0.39 is 0 Å². The summed E-state index contributed by atoms with van der Waals surface area (Å²) in [5.41, 5.74) is 4.41. The number of nitrogens with one attached hydrogen (secondary N) is 1. The Morgan fingerprint density at radius 1 is 1.30 bits per heavy atom. The van der Waals surface area contributed by atoms with Crippen LogP contribution in [-0.2, 0) is 13.5 Å². The molecule has 1 aliphatic rings. The number of nitrogens with zero attached hydrogens (tertiary/aromatic N) is 5. The van der Waals surface area contributed by atoms with Crippen molar-refractivity contribution in [2.75, 3.05) is 23.8 Å². The van der Waals surface area contributed by atoms with Crippen LogP contribution >= 0.6 is 0 Å². The number of hydrogen-bond donors (Lipinski definition) is 1. The molecule has 0 aliphatic carbocycles. The summed E-state index contributed by atoms with van der Waals surface area (Å²) < 4.78 is 1.82. The molecule has 0 amide bonds. The van der Waals surface area contributed by atoms with Gasteiger partial charge in [0.1, 0.15) is 0 Å². The Hall–Kier alpha value is -2.63. The second-order valence-corrected chi connectivity index (χ2v) is 6.12. The van der Waals surface area contributed by atoms with Crippen molar-refractivity contribution in [3.63, 3.8) is 0 Å². The van der Waals surface area contributed by atoms with Crippen molar-refractivity contribution >= 4 is 22.7 Å². The molecule has 2 aromatic heterocycles. The molecular formula is C17H20N6. The number of benzene rings is 1. The lowest BCUT2D eigenvalue weighted by Gasteiger charge is -2.33. The number of aryl methyl sites for hydroxylation is 2. The van der Waals surface area contributed by atoms with Crippen LogP contribution < -0.4 is 10.2 Å². The minimum absolute atomic E-state index is 0.330. The zero-order chi connectivity index (χ0) is 16.0. The van der Waals surface area contributed by atoms with Gasteiger partial charge in [-0.25, -0.2) is 4.98 Å². The van der Waals surface area contributed by atoms with Crippen molar-refractivity contribution in [3.05, 3.63) is 41.7 Å². The highest BCUT2D eigenvalue weighted by Gasteiger charge is 2.23. The highest BCUT2D eigenvalue weighted by Crippen LogP contribution is 2.25. The van der Waals surface area contributed by atoms with E-state index in [-0.39, 0.29) is 0 Å². The van der Waals surface area contributed by atoms with Crippen molar-refractivity contribution in [1.29, 1.82) is 0 Å². The summed E-state index contributed by atoms with van der Waals surface area (Å²) in [6.45, 7) is 2.87. The fraction of sp³-hybridized carbons (Fsp3) is 0.353. The molecule has 0 saturated carbocycles. The molecule has 0 bridgehead atoms. The zero-order valence-corrected chi connectivity index (χ0v) is 13.6. The van der Waals surface area contributed by atoms with Crippen LogP contribution in [0.1, 0.15) is 11.3 Å². The number of aromatic nitrogens is 4. The Bertz CT molecular complexity index is 869. The second-order valence-electron chi connectivity index (χ2n) is 6.12. The minimum atomic E-state index is 0.330. The zero-order valence-electron chi connectivity index (χ0n) is 13.6. The average molecular weight is 308 g/mol. The van der Waals surface area contributed by atoms with E-state index in [1.165, 1.54) is 11.3 Å². The van der Waals surface area contributed by atoms with Crippen LogP contribution in [0.3, 0.4) is 0 Å². The van der Waals surface area contributed by atoms with Crippen LogP contribution in [0.5, 0.6) is 0 Å². The SMILES string of the molecule is Cc1nn(C)c2nc(N(C)C3CNc4ccccc4C3)ncc12. The van der Waals surface area contributed by atoms with Gasteiger partial charge in [0.15, 0.2) is 5.65 Å². The molecule has 1 aliphatic heterocycles. The van der Waals surface area contributed by atoms with Crippen LogP contribution in [0.25, 0.3) is 11.0 Å². The molecule has 1 unspecified atom stereocenters. The molecule has 0 spiro atoms. The number of para-hydroxylation sites is 1. The average Bonchev–Trinajstić information content (AvgIpc) is 2.87. The first-order chi connectivity index (χ1) is 11.1. The molecule has 0 saturated heterocycles. The third-order valence-electron chi connectivity index (χ3n) is 4.62. The standard InChI is InChI=1S/C17H20N6/c1-11-14-10-19-17(20-16(14)23(3)21-11)22(2)13-8-12-6-4-5-7-15(12)18-9-13/h4-7,10,13,18H,8-9H2,1-3H3. The molecule has 0 radical (unpaired) electrons. The molecule has 1 aromatic carbocycles. The molecule has 6 nitrogen and oxygen atoms in total. The Labute approximate surface area is 135 Å². The number of fused-ring (bicyclic) bond motifs is 2. The van der Waals surface area contributed by atoms with Gasteiger partial charge >= 0.3 is 0 Å². The maximum Gasteiger partial charge on any atom is 0.227 e. The molecular weight excluding hydrogens is 288 g/mol. The first-order valence-corrected chi connectivity index (χ1v) is 7.84. The summed E-state index contributed by atoms with van der Waals surface area (Å²) in [6, 6.07) is 8.79. The molecule has 23 heavy (non-hydrogen) atoms. The summed E-state index contributed by atoms with van der Waals surface area (Å²) >= 11 is 0. The van der Waals surface area contributed by atoms with Crippen molar-refractivity contribution in [1.82, 2.24) is 19.7 Å². The van der Waals surface area contributed by atoms with Gasteiger partial charge in [0.25, 0.3) is 0 Å². The molecule has 3 heterocycles. The number of likely N-dealkylation sites (N-methyl/N-ethyl adjacent to an activating group) is 1. The summed E-state index contributed by atoms with van der Waals surface area (Å²) in [4.78, 5) is 11.4. The summed E-state index contributed by atoms with van der Waals surface area (Å²) in [5.74, 6) is 0.742. The molecule has 118 valence electrons. The highest BCUT2D eigenvalue weighted by atomic mass is 15.3. The smallest absolute Gasteiger partial charge is 0.227 e. The summed E-state index contributed by atoms with van der Waals surface area (Å²) in [5, 5.41) is 8.93. The fourth-order valence-electron chi connectivity index (χ4n) is 3.22. The number of hydrogen-bond acceptors (Lipinski definition) is 5. The Balaban J connectivity index is 1.64. The van der Waals surface area contributed by atoms with Crippen molar-refractivity contribution in [2.45, 2.75) is 19.4 Å². The molecule has 0 fully saturated rings. The van der Waals surface area contributed by atoms with E-state index in [2.05, 4.69) is 51.6 Å². The molecule has 4 rings (SSSR count). The first kappa shape index (κ1) is 14.0. The lowest BCUT2D eigenvalue weighted by atomic mass is 9.99. The molecule has 3 aromatic rings. The van der Waals surface area contributed by atoms with E-state index in [1.807, 2.05) is 24.9 Å². The molecule has 6 heteroatoms. The molecule has 1 N–H and O–H groups in total. The van der Waals surface area contributed by atoms with Gasteiger partial charge < -0.3 is 10.2 Å². The fourth-order valence-corrected chi connectivity index (χ4v) is 3.22. The van der Waals surface area contributed by atoms with Gasteiger partial charge in [-0.2, -0.15) is 10.1 Å². The predicted molar refractivity (Wildman–Crippen MR) is 91.9 cm³/mol. The van der Waals surface area contributed by atoms with Gasteiger partial charge in [-0.3, -0.25) is 4.68 Å². The van der Waals surface area contributed by atoms with E-state index in [4.69, 9.17) is 4.98 Å². The van der Waals surface area contributed by atoms with Crippen LogP contribution in [0, 0.1) is 6.92 Å². The van der Waals surface area contributed by atoms with Crippen LogP contribution in [-0.4, -0.2) is 39.4 Å². The van der Waals surface area contributed by atoms with Crippen molar-refractivity contribution < 1.29 is 0 Å². The number of anilines is 2. The third kappa shape index (κ3) is 2.30. The largest absolute Gasteiger partial charge is 0.383 e. The lowest BCUT2D eigenvalue weighted by molar-refractivity contribution is 0.623. The summed E-state index contributed by atoms with van der Waals surface area (Å²) in [6.07, 6.45) is 2.87. The summed E-state index contributed by atoms with van der Waals surface area (Å²) in [7, 11) is 3.98. The van der Waals surface area contributed by atoms with Crippen molar-refractivity contribution in [3.8, 4) is 0 Å². The topological polar surface area (TPSA) is 58.9 Å². The third-order valence-corrected chi connectivity index (χ3v) is 4.62. The maximum absolute atomic E-state index is 4.71. The van der Waals surface area contributed by atoms with Gasteiger partial charge in [0.2, 0.25) is 5.95 Å². The van der Waals surface area contributed by atoms with Crippen LogP contribution in [0.2, 0.25) is 0 Å². The van der Waals surface area contributed by atoms with Gasteiger partial charge in [0.05, 0.1) is 17.1 Å². The minimum Gasteiger partial charge on any atom is -0.383 e. The van der Waals surface area contributed by atoms with E-state index >= 15 is 0 Å². The predicted octanol–water partition coefficient (Wildman–Crippen LogP) is 2.14. The van der Waals surface area contributed by atoms with E-state index in [0.29, 0.717) is 6.04 Å². The highest BCUT2D eigenvalue weighted by molar-refractivity contribution is 5.78. The van der Waals surface area contributed by atoms with Gasteiger partial charge in [-0.15, -0.1) is 0 Å². The quantitative estimate of drug-likeness (QED) is 0.786. The monoisotopic (exact) mass is 308 g/mol. The molecule has 1 atom stereocenters.